The molecule has 156 valence electrons. The fourth-order valence-electron chi connectivity index (χ4n) is 3.28. The number of aromatic nitrogens is 1. The molecular formula is C23H32N4O2. The zero-order chi connectivity index (χ0) is 20.7. The van der Waals surface area contributed by atoms with E-state index in [0.29, 0.717) is 19.7 Å². The first kappa shape index (κ1) is 21.0. The number of hydrogen-bond donors (Lipinski definition) is 2. The van der Waals surface area contributed by atoms with Crippen LogP contribution in [-0.4, -0.2) is 37.3 Å². The average Bonchev–Trinajstić information content (AvgIpc) is 3.25. The van der Waals surface area contributed by atoms with Crippen LogP contribution < -0.4 is 20.3 Å². The molecule has 1 fully saturated rings. The monoisotopic (exact) mass is 396 g/mol. The summed E-state index contributed by atoms with van der Waals surface area (Å²) in [6, 6.07) is 11.9. The third-order valence-corrected chi connectivity index (χ3v) is 5.07. The maximum Gasteiger partial charge on any atom is 0.315 e. The number of urea groups is 1. The summed E-state index contributed by atoms with van der Waals surface area (Å²) in [4.78, 5) is 18.7. The number of ether oxygens (including phenoxy) is 1. The van der Waals surface area contributed by atoms with Crippen LogP contribution in [0.1, 0.15) is 44.7 Å². The van der Waals surface area contributed by atoms with E-state index in [0.717, 1.165) is 30.2 Å². The molecule has 0 spiro atoms. The second kappa shape index (κ2) is 9.63. The highest BCUT2D eigenvalue weighted by molar-refractivity contribution is 5.73. The Labute approximate surface area is 173 Å². The van der Waals surface area contributed by atoms with Gasteiger partial charge >= 0.3 is 6.03 Å². The minimum atomic E-state index is -0.208. The SMILES string of the molecule is CC(C)(C)c1ccc(OCCNC(=O)NCc2ccc(N3CCCC3)nc2)cc1. The van der Waals surface area contributed by atoms with Crippen LogP contribution >= 0.6 is 0 Å². The molecule has 1 aromatic heterocycles. The molecule has 1 aliphatic heterocycles. The molecule has 2 N–H and O–H groups in total. The standard InChI is InChI=1S/C23H32N4O2/c1-23(2,3)19-7-9-20(10-8-19)29-15-12-24-22(28)26-17-18-6-11-21(25-16-18)27-13-4-5-14-27/h6-11,16H,4-5,12-15,17H2,1-3H3,(H2,24,26,28). The molecule has 1 saturated heterocycles. The molecule has 0 bridgehead atoms. The average molecular weight is 397 g/mol. The predicted molar refractivity (Wildman–Crippen MR) is 117 cm³/mol. The number of nitrogens with zero attached hydrogens (tertiary/aromatic N) is 2. The first-order valence-corrected chi connectivity index (χ1v) is 10.4. The smallest absolute Gasteiger partial charge is 0.315 e. The first-order chi connectivity index (χ1) is 13.9. The van der Waals surface area contributed by atoms with Crippen molar-refractivity contribution in [3.8, 4) is 5.75 Å². The molecule has 6 heteroatoms. The maximum atomic E-state index is 12.0. The lowest BCUT2D eigenvalue weighted by Crippen LogP contribution is -2.37. The number of carbonyl (C=O) groups excluding carboxylic acids is 1. The number of anilines is 1. The summed E-state index contributed by atoms with van der Waals surface area (Å²) in [5.74, 6) is 1.83. The van der Waals surface area contributed by atoms with E-state index in [1.807, 2.05) is 30.5 Å². The van der Waals surface area contributed by atoms with Crippen molar-refractivity contribution in [1.29, 1.82) is 0 Å². The van der Waals surface area contributed by atoms with Crippen LogP contribution in [0.2, 0.25) is 0 Å². The normalized spacial score (nSPS) is 14.0. The molecule has 1 aliphatic rings. The number of pyridine rings is 1. The highest BCUT2D eigenvalue weighted by atomic mass is 16.5. The van der Waals surface area contributed by atoms with Gasteiger partial charge in [0.1, 0.15) is 18.2 Å². The maximum absolute atomic E-state index is 12.0. The van der Waals surface area contributed by atoms with Gasteiger partial charge in [0.2, 0.25) is 0 Å². The minimum absolute atomic E-state index is 0.127. The fourth-order valence-corrected chi connectivity index (χ4v) is 3.28. The van der Waals surface area contributed by atoms with Crippen LogP contribution in [0.15, 0.2) is 42.6 Å². The van der Waals surface area contributed by atoms with Crippen LogP contribution in [0.3, 0.4) is 0 Å². The quantitative estimate of drug-likeness (QED) is 0.698. The van der Waals surface area contributed by atoms with Gasteiger partial charge in [0.15, 0.2) is 0 Å². The van der Waals surface area contributed by atoms with E-state index < -0.39 is 0 Å². The summed E-state index contributed by atoms with van der Waals surface area (Å²) in [5, 5.41) is 5.66. The molecule has 2 amide bonds. The van der Waals surface area contributed by atoms with Gasteiger partial charge in [-0.3, -0.25) is 0 Å². The largest absolute Gasteiger partial charge is 0.492 e. The van der Waals surface area contributed by atoms with Crippen molar-refractivity contribution in [1.82, 2.24) is 15.6 Å². The van der Waals surface area contributed by atoms with Gasteiger partial charge in [0.05, 0.1) is 6.54 Å². The van der Waals surface area contributed by atoms with Gasteiger partial charge < -0.3 is 20.3 Å². The molecule has 0 atom stereocenters. The molecular weight excluding hydrogens is 364 g/mol. The molecule has 0 radical (unpaired) electrons. The highest BCUT2D eigenvalue weighted by Crippen LogP contribution is 2.24. The van der Waals surface area contributed by atoms with Gasteiger partial charge in [-0.05, 0) is 47.6 Å². The van der Waals surface area contributed by atoms with Gasteiger partial charge in [0.25, 0.3) is 0 Å². The Kier molecular flexibility index (Phi) is 6.96. The summed E-state index contributed by atoms with van der Waals surface area (Å²) in [6.07, 6.45) is 4.30. The molecule has 2 heterocycles. The van der Waals surface area contributed by atoms with E-state index in [1.165, 1.54) is 18.4 Å². The lowest BCUT2D eigenvalue weighted by molar-refractivity contribution is 0.236. The van der Waals surface area contributed by atoms with Crippen molar-refractivity contribution >= 4 is 11.8 Å². The second-order valence-corrected chi connectivity index (χ2v) is 8.45. The van der Waals surface area contributed by atoms with Crippen molar-refractivity contribution in [3.63, 3.8) is 0 Å². The predicted octanol–water partition coefficient (Wildman–Crippen LogP) is 3.86. The van der Waals surface area contributed by atoms with E-state index in [1.54, 1.807) is 0 Å². The van der Waals surface area contributed by atoms with Crippen molar-refractivity contribution in [2.75, 3.05) is 31.1 Å². The Balaban J connectivity index is 1.33. The summed E-state index contributed by atoms with van der Waals surface area (Å²) in [7, 11) is 0. The van der Waals surface area contributed by atoms with Crippen LogP contribution in [0.5, 0.6) is 5.75 Å². The number of rotatable bonds is 7. The third kappa shape index (κ3) is 6.38. The number of benzene rings is 1. The zero-order valence-electron chi connectivity index (χ0n) is 17.7. The van der Waals surface area contributed by atoms with Crippen molar-refractivity contribution in [2.45, 2.75) is 45.6 Å². The van der Waals surface area contributed by atoms with Crippen LogP contribution in [0.25, 0.3) is 0 Å². The number of amides is 2. The van der Waals surface area contributed by atoms with Gasteiger partial charge in [-0.15, -0.1) is 0 Å². The van der Waals surface area contributed by atoms with Crippen LogP contribution in [0, 0.1) is 0 Å². The number of carbonyl (C=O) groups is 1. The Morgan fingerprint density at radius 3 is 2.41 bits per heavy atom. The van der Waals surface area contributed by atoms with E-state index in [2.05, 4.69) is 53.4 Å². The third-order valence-electron chi connectivity index (χ3n) is 5.07. The van der Waals surface area contributed by atoms with E-state index in [-0.39, 0.29) is 11.4 Å². The summed E-state index contributed by atoms with van der Waals surface area (Å²) in [5.41, 5.74) is 2.38. The topological polar surface area (TPSA) is 66.5 Å². The Morgan fingerprint density at radius 2 is 1.79 bits per heavy atom. The number of nitrogens with one attached hydrogen (secondary N) is 2. The summed E-state index contributed by atoms with van der Waals surface area (Å²) in [6.45, 7) is 10.0. The fraction of sp³-hybridized carbons (Fsp3) is 0.478. The Hall–Kier alpha value is -2.76. The van der Waals surface area contributed by atoms with Crippen LogP contribution in [0.4, 0.5) is 10.6 Å². The molecule has 3 rings (SSSR count). The lowest BCUT2D eigenvalue weighted by Gasteiger charge is -2.19. The van der Waals surface area contributed by atoms with Gasteiger partial charge in [0, 0.05) is 25.8 Å². The van der Waals surface area contributed by atoms with E-state index in [9.17, 15) is 4.79 Å². The zero-order valence-corrected chi connectivity index (χ0v) is 17.7. The lowest BCUT2D eigenvalue weighted by atomic mass is 9.87. The number of hydrogen-bond acceptors (Lipinski definition) is 4. The van der Waals surface area contributed by atoms with Gasteiger partial charge in [-0.25, -0.2) is 9.78 Å². The highest BCUT2D eigenvalue weighted by Gasteiger charge is 2.14. The molecule has 0 unspecified atom stereocenters. The molecule has 0 saturated carbocycles. The molecule has 29 heavy (non-hydrogen) atoms. The summed E-state index contributed by atoms with van der Waals surface area (Å²) < 4.78 is 5.69. The Bertz CT molecular complexity index is 776. The Morgan fingerprint density at radius 1 is 1.07 bits per heavy atom. The van der Waals surface area contributed by atoms with Gasteiger partial charge in [-0.1, -0.05) is 39.0 Å². The van der Waals surface area contributed by atoms with Crippen LogP contribution in [-0.2, 0) is 12.0 Å². The molecule has 1 aromatic carbocycles. The van der Waals surface area contributed by atoms with E-state index in [4.69, 9.17) is 4.74 Å². The van der Waals surface area contributed by atoms with Crippen molar-refractivity contribution < 1.29 is 9.53 Å². The minimum Gasteiger partial charge on any atom is -0.492 e. The molecule has 2 aromatic rings. The van der Waals surface area contributed by atoms with Crippen molar-refractivity contribution in [3.05, 3.63) is 53.7 Å². The molecule has 6 nitrogen and oxygen atoms in total. The van der Waals surface area contributed by atoms with E-state index >= 15 is 0 Å². The van der Waals surface area contributed by atoms with Gasteiger partial charge in [-0.2, -0.15) is 0 Å². The molecule has 0 aliphatic carbocycles. The first-order valence-electron chi connectivity index (χ1n) is 10.4. The summed E-state index contributed by atoms with van der Waals surface area (Å²) >= 11 is 0. The second-order valence-electron chi connectivity index (χ2n) is 8.45. The van der Waals surface area contributed by atoms with Crippen molar-refractivity contribution in [2.24, 2.45) is 0 Å².